The van der Waals surface area contributed by atoms with Gasteiger partial charge in [0, 0.05) is 94.8 Å². The van der Waals surface area contributed by atoms with Gasteiger partial charge in [-0.05, 0) is 0 Å². The summed E-state index contributed by atoms with van der Waals surface area (Å²) in [4.78, 5) is 0. The van der Waals surface area contributed by atoms with Gasteiger partial charge in [-0.15, -0.1) is 0 Å². The van der Waals surface area contributed by atoms with Crippen molar-refractivity contribution in [2.75, 3.05) is 0 Å². The third-order valence-electron chi connectivity index (χ3n) is 0. The van der Waals surface area contributed by atoms with Crippen LogP contribution >= 0.6 is 0 Å². The molecule has 0 unspecified atom stereocenters. The van der Waals surface area contributed by atoms with Gasteiger partial charge in [0.25, 0.3) is 0 Å². The first-order valence-corrected chi connectivity index (χ1v) is 0. The Morgan fingerprint density at radius 2 is 1.00 bits per heavy atom. The maximum absolute atomic E-state index is 0. The van der Waals surface area contributed by atoms with Gasteiger partial charge in [0.15, 0.2) is 0 Å². The van der Waals surface area contributed by atoms with Crippen LogP contribution in [-0.4, -0.2) is 0 Å². The summed E-state index contributed by atoms with van der Waals surface area (Å²) in [5, 5.41) is 0. The van der Waals surface area contributed by atoms with Crippen LogP contribution in [0, 0.1) is 0 Å². The van der Waals surface area contributed by atoms with E-state index in [4.69, 9.17) is 0 Å². The zero-order chi connectivity index (χ0) is 0. The van der Waals surface area contributed by atoms with Crippen LogP contribution in [-0.2, 0) is 94.8 Å². The predicted octanol–water partition coefficient (Wildman–Crippen LogP) is 0.626. The molecule has 0 bridgehead atoms. The molecule has 5 heavy (non-hydrogen) atoms. The van der Waals surface area contributed by atoms with E-state index in [2.05, 4.69) is 0 Å². The van der Waals surface area contributed by atoms with Gasteiger partial charge in [0.05, 0.1) is 0 Å². The zero-order valence-corrected chi connectivity index (χ0v) is 11.5. The molecule has 0 aromatic heterocycles. The fraction of sp³-hybridized carbons (Fsp3) is 1.00. The minimum Gasteiger partial charge on any atom is -0.0776 e. The van der Waals surface area contributed by atoms with Gasteiger partial charge in [0.1, 0.15) is 0 Å². The Bertz CT molecular complexity index is 11.6. The van der Waals surface area contributed by atoms with Gasteiger partial charge >= 0.3 is 0 Å². The van der Waals surface area contributed by atoms with Crippen molar-refractivity contribution < 1.29 is 94.8 Å². The first kappa shape index (κ1) is 41.9. The Kier molecular flexibility index (Phi) is 228. The molecule has 0 aliphatic heterocycles. The molecule has 0 aromatic rings. The van der Waals surface area contributed by atoms with Crippen molar-refractivity contribution in [1.29, 1.82) is 0 Å². The summed E-state index contributed by atoms with van der Waals surface area (Å²) in [6.45, 7) is 0. The first-order valence-electron chi connectivity index (χ1n) is 0. The Balaban J connectivity index is 0. The van der Waals surface area contributed by atoms with Crippen LogP contribution in [0.1, 0.15) is 7.43 Å². The summed E-state index contributed by atoms with van der Waals surface area (Å²) >= 11 is 0. The van der Waals surface area contributed by atoms with Crippen molar-refractivity contribution >= 4 is 0 Å². The van der Waals surface area contributed by atoms with Crippen molar-refractivity contribution in [1.82, 2.24) is 0 Å². The minimum atomic E-state index is 0. The Hall–Kier alpha value is 3.16. The molecule has 0 heterocycles. The molecule has 4 heteroatoms. The van der Waals surface area contributed by atoms with E-state index < -0.39 is 0 Å². The van der Waals surface area contributed by atoms with Crippen LogP contribution in [0.5, 0.6) is 0 Å². The van der Waals surface area contributed by atoms with E-state index in [1.807, 2.05) is 0 Å². The molecule has 0 amide bonds. The summed E-state index contributed by atoms with van der Waals surface area (Å²) in [5.74, 6) is 0. The van der Waals surface area contributed by atoms with Gasteiger partial charge < -0.3 is 0 Å². The van der Waals surface area contributed by atoms with Gasteiger partial charge in [-0.1, -0.05) is 7.43 Å². The summed E-state index contributed by atoms with van der Waals surface area (Å²) in [6.07, 6.45) is 0. The normalized spacial score (nSPS) is 0. The molecular weight excluding hydrogens is 426 g/mol. The number of hydrogen-bond donors (Lipinski definition) is 0. The van der Waals surface area contributed by atoms with Gasteiger partial charge in [-0.2, -0.15) is 0 Å². The molecule has 0 rings (SSSR count). The van der Waals surface area contributed by atoms with E-state index in [-0.39, 0.29) is 102 Å². The predicted molar refractivity (Wildman–Crippen MR) is 6.73 cm³/mol. The van der Waals surface area contributed by atoms with Crippen LogP contribution in [0.3, 0.4) is 0 Å². The van der Waals surface area contributed by atoms with E-state index in [1.54, 1.807) is 0 Å². The molecule has 0 saturated heterocycles. The van der Waals surface area contributed by atoms with Gasteiger partial charge in [-0.25, -0.2) is 0 Å². The van der Waals surface area contributed by atoms with Crippen LogP contribution in [0.2, 0.25) is 0 Å². The van der Waals surface area contributed by atoms with E-state index in [0.717, 1.165) is 0 Å². The molecule has 0 nitrogen and oxygen atoms in total. The molecule has 0 saturated carbocycles. The molecule has 0 aromatic carbocycles. The second kappa shape index (κ2) is 27.2. The average Bonchev–Trinajstić information content (AvgIpc) is 0. The molecule has 0 radical (unpaired) electrons. The maximum atomic E-state index is 0. The molecule has 26 valence electrons. The summed E-state index contributed by atoms with van der Waals surface area (Å²) in [6, 6.07) is 0. The molecule has 0 aliphatic rings. The number of rotatable bonds is 0. The van der Waals surface area contributed by atoms with E-state index in [9.17, 15) is 0 Å². The van der Waals surface area contributed by atoms with Gasteiger partial charge in [0.2, 0.25) is 0 Å². The standard InChI is InChI=1S/CH4.Hf.Mo.Ti.Zr/h1H4;;;;. The molecule has 0 spiro atoms. The Morgan fingerprint density at radius 3 is 1.00 bits per heavy atom. The van der Waals surface area contributed by atoms with Crippen molar-refractivity contribution in [2.24, 2.45) is 0 Å². The molecule has 0 atom stereocenters. The second-order valence-electron chi connectivity index (χ2n) is 0. The maximum Gasteiger partial charge on any atom is 0 e. The van der Waals surface area contributed by atoms with Crippen molar-refractivity contribution in [3.05, 3.63) is 0 Å². The molecule has 0 aliphatic carbocycles. The molecule has 0 fully saturated rings. The smallest absolute Gasteiger partial charge is 0 e. The van der Waals surface area contributed by atoms with E-state index in [0.29, 0.717) is 0 Å². The summed E-state index contributed by atoms with van der Waals surface area (Å²) < 4.78 is 0. The van der Waals surface area contributed by atoms with Crippen LogP contribution in [0.4, 0.5) is 0 Å². The number of hydrogen-bond acceptors (Lipinski definition) is 0. The topological polar surface area (TPSA) is 0 Å². The average molecular weight is 430 g/mol. The Labute approximate surface area is 100 Å². The van der Waals surface area contributed by atoms with E-state index >= 15 is 0 Å². The molecular formula is CH4HfMoTiZr. The minimum absolute atomic E-state index is 0. The summed E-state index contributed by atoms with van der Waals surface area (Å²) in [7, 11) is 0. The van der Waals surface area contributed by atoms with Crippen LogP contribution in [0.15, 0.2) is 0 Å². The monoisotopic (exact) mass is 432 g/mol. The third kappa shape index (κ3) is 19.1. The third-order valence-corrected chi connectivity index (χ3v) is 0. The fourth-order valence-corrected chi connectivity index (χ4v) is 0. The van der Waals surface area contributed by atoms with Crippen molar-refractivity contribution in [3.8, 4) is 0 Å². The van der Waals surface area contributed by atoms with E-state index in [1.165, 1.54) is 0 Å². The SMILES string of the molecule is C.[Hf].[Mo].[Ti].[Zr]. The largest absolute Gasteiger partial charge is 0.0776 e. The first-order chi connectivity index (χ1) is 0. The Morgan fingerprint density at radius 1 is 1.00 bits per heavy atom. The zero-order valence-electron chi connectivity index (χ0n) is 1.91. The van der Waals surface area contributed by atoms with Crippen LogP contribution in [0.25, 0.3) is 0 Å². The van der Waals surface area contributed by atoms with Crippen molar-refractivity contribution in [3.63, 3.8) is 0 Å². The fourth-order valence-electron chi connectivity index (χ4n) is 0. The van der Waals surface area contributed by atoms with Crippen molar-refractivity contribution in [2.45, 2.75) is 7.43 Å². The second-order valence-corrected chi connectivity index (χ2v) is 0. The quantitative estimate of drug-likeness (QED) is 0.496. The summed E-state index contributed by atoms with van der Waals surface area (Å²) in [5.41, 5.74) is 0. The van der Waals surface area contributed by atoms with Gasteiger partial charge in [-0.3, -0.25) is 0 Å². The van der Waals surface area contributed by atoms with Crippen LogP contribution < -0.4 is 0 Å². The molecule has 0 N–H and O–H groups in total.